The normalized spacial score (nSPS) is 13.9. The zero-order chi connectivity index (χ0) is 12.3. The molecule has 0 saturated carbocycles. The Kier molecular flexibility index (Phi) is 3.73. The third-order valence-electron chi connectivity index (χ3n) is 2.39. The molecule has 1 rings (SSSR count). The van der Waals surface area contributed by atoms with Crippen LogP contribution in [0.2, 0.25) is 0 Å². The largest absolute Gasteiger partial charge is 0.450 e. The third kappa shape index (κ3) is 2.84. The fraction of sp³-hybridized carbons (Fsp3) is 0.417. The molecule has 0 bridgehead atoms. The van der Waals surface area contributed by atoms with Crippen molar-refractivity contribution in [3.8, 4) is 0 Å². The molecule has 0 aliphatic rings. The van der Waals surface area contributed by atoms with Crippen LogP contribution in [0.1, 0.15) is 25.3 Å². The quantitative estimate of drug-likeness (QED) is 0.776. The Bertz CT molecular complexity index is 354. The fourth-order valence-electron chi connectivity index (χ4n) is 1.68. The standard InChI is InChI=1S/C12H13F3O/c1-8(2)10(11(16)12(13,14)15)9-6-4-3-5-7-9/h3-8,10H,1-2H3. The van der Waals surface area contributed by atoms with E-state index in [1.54, 1.807) is 44.2 Å². The van der Waals surface area contributed by atoms with Gasteiger partial charge >= 0.3 is 6.18 Å². The fourth-order valence-corrected chi connectivity index (χ4v) is 1.68. The number of benzene rings is 1. The van der Waals surface area contributed by atoms with Gasteiger partial charge in [-0.1, -0.05) is 44.2 Å². The number of hydrogen-bond donors (Lipinski definition) is 0. The number of carbonyl (C=O) groups is 1. The van der Waals surface area contributed by atoms with E-state index in [4.69, 9.17) is 0 Å². The Morgan fingerprint density at radius 3 is 2.00 bits per heavy atom. The van der Waals surface area contributed by atoms with Gasteiger partial charge in [-0.05, 0) is 11.5 Å². The highest BCUT2D eigenvalue weighted by atomic mass is 19.4. The second-order valence-electron chi connectivity index (χ2n) is 3.99. The van der Waals surface area contributed by atoms with Gasteiger partial charge in [-0.25, -0.2) is 0 Å². The van der Waals surface area contributed by atoms with Crippen molar-refractivity contribution in [1.82, 2.24) is 0 Å². The van der Waals surface area contributed by atoms with Crippen molar-refractivity contribution < 1.29 is 18.0 Å². The molecule has 1 nitrogen and oxygen atoms in total. The summed E-state index contributed by atoms with van der Waals surface area (Å²) >= 11 is 0. The molecule has 0 aliphatic heterocycles. The van der Waals surface area contributed by atoms with Crippen molar-refractivity contribution in [1.29, 1.82) is 0 Å². The van der Waals surface area contributed by atoms with Crippen LogP contribution in [-0.4, -0.2) is 12.0 Å². The molecule has 0 spiro atoms. The van der Waals surface area contributed by atoms with Gasteiger partial charge in [0.2, 0.25) is 5.78 Å². The van der Waals surface area contributed by atoms with Gasteiger partial charge in [-0.3, -0.25) is 4.79 Å². The maximum absolute atomic E-state index is 12.4. The van der Waals surface area contributed by atoms with E-state index in [0.717, 1.165) is 0 Å². The Morgan fingerprint density at radius 2 is 1.62 bits per heavy atom. The minimum atomic E-state index is -4.77. The molecule has 0 saturated heterocycles. The molecule has 0 radical (unpaired) electrons. The SMILES string of the molecule is CC(C)C(C(=O)C(F)(F)F)c1ccccc1. The Hall–Kier alpha value is -1.32. The number of Topliss-reactive ketones (excluding diaryl/α,β-unsaturated/α-hetero) is 1. The average molecular weight is 230 g/mol. The van der Waals surface area contributed by atoms with E-state index in [9.17, 15) is 18.0 Å². The minimum Gasteiger partial charge on any atom is -0.289 e. The Labute approximate surface area is 92.3 Å². The van der Waals surface area contributed by atoms with Crippen LogP contribution in [0.25, 0.3) is 0 Å². The van der Waals surface area contributed by atoms with Gasteiger partial charge in [0.25, 0.3) is 0 Å². The average Bonchev–Trinajstić information content (AvgIpc) is 2.17. The summed E-state index contributed by atoms with van der Waals surface area (Å²) in [7, 11) is 0. The van der Waals surface area contributed by atoms with E-state index in [1.165, 1.54) is 0 Å². The van der Waals surface area contributed by atoms with Crippen LogP contribution in [0, 0.1) is 5.92 Å². The van der Waals surface area contributed by atoms with Crippen LogP contribution in [0.5, 0.6) is 0 Å². The summed E-state index contributed by atoms with van der Waals surface area (Å²) in [6.45, 7) is 3.22. The number of hydrogen-bond acceptors (Lipinski definition) is 1. The molecule has 1 atom stereocenters. The molecular formula is C12H13F3O. The van der Waals surface area contributed by atoms with Crippen LogP contribution in [-0.2, 0) is 4.79 Å². The third-order valence-corrected chi connectivity index (χ3v) is 2.39. The monoisotopic (exact) mass is 230 g/mol. The first kappa shape index (κ1) is 12.7. The van der Waals surface area contributed by atoms with E-state index in [-0.39, 0.29) is 5.92 Å². The lowest BCUT2D eigenvalue weighted by atomic mass is 9.85. The molecule has 0 amide bonds. The van der Waals surface area contributed by atoms with Crippen LogP contribution in [0.3, 0.4) is 0 Å². The molecule has 0 N–H and O–H groups in total. The summed E-state index contributed by atoms with van der Waals surface area (Å²) in [5.41, 5.74) is 0.417. The van der Waals surface area contributed by atoms with Crippen molar-refractivity contribution in [3.05, 3.63) is 35.9 Å². The lowest BCUT2D eigenvalue weighted by Crippen LogP contribution is -2.31. The van der Waals surface area contributed by atoms with Gasteiger partial charge in [0.15, 0.2) is 0 Å². The molecule has 4 heteroatoms. The first-order valence-electron chi connectivity index (χ1n) is 5.00. The van der Waals surface area contributed by atoms with Gasteiger partial charge in [0, 0.05) is 0 Å². The predicted octanol–water partition coefficient (Wildman–Crippen LogP) is 3.56. The summed E-state index contributed by atoms with van der Waals surface area (Å²) in [5.74, 6) is -3.16. The van der Waals surface area contributed by atoms with Gasteiger partial charge in [0.05, 0.1) is 5.92 Å². The lowest BCUT2D eigenvalue weighted by molar-refractivity contribution is -0.173. The lowest BCUT2D eigenvalue weighted by Gasteiger charge is -2.21. The zero-order valence-corrected chi connectivity index (χ0v) is 9.08. The molecule has 0 heterocycles. The highest BCUT2D eigenvalue weighted by Gasteiger charge is 2.44. The Morgan fingerprint density at radius 1 is 1.12 bits per heavy atom. The van der Waals surface area contributed by atoms with E-state index in [1.807, 2.05) is 0 Å². The second-order valence-corrected chi connectivity index (χ2v) is 3.99. The number of carbonyl (C=O) groups excluding carboxylic acids is 1. The van der Waals surface area contributed by atoms with Crippen LogP contribution < -0.4 is 0 Å². The van der Waals surface area contributed by atoms with E-state index < -0.39 is 17.9 Å². The summed E-state index contributed by atoms with van der Waals surface area (Å²) in [4.78, 5) is 11.3. The number of alkyl halides is 3. The van der Waals surface area contributed by atoms with E-state index in [0.29, 0.717) is 5.56 Å². The van der Waals surface area contributed by atoms with Crippen molar-refractivity contribution in [3.63, 3.8) is 0 Å². The summed E-state index contributed by atoms with van der Waals surface area (Å²) in [6.07, 6.45) is -4.77. The Balaban J connectivity index is 3.07. The number of ketones is 1. The van der Waals surface area contributed by atoms with Crippen molar-refractivity contribution in [2.75, 3.05) is 0 Å². The van der Waals surface area contributed by atoms with E-state index in [2.05, 4.69) is 0 Å². The van der Waals surface area contributed by atoms with Gasteiger partial charge in [0.1, 0.15) is 0 Å². The van der Waals surface area contributed by atoms with Crippen molar-refractivity contribution in [2.24, 2.45) is 5.92 Å². The topological polar surface area (TPSA) is 17.1 Å². The maximum Gasteiger partial charge on any atom is 0.450 e. The van der Waals surface area contributed by atoms with Gasteiger partial charge in [-0.15, -0.1) is 0 Å². The number of rotatable bonds is 3. The minimum absolute atomic E-state index is 0.378. The summed E-state index contributed by atoms with van der Waals surface area (Å²) in [6, 6.07) is 8.07. The highest BCUT2D eigenvalue weighted by molar-refractivity contribution is 5.90. The van der Waals surface area contributed by atoms with Gasteiger partial charge in [-0.2, -0.15) is 13.2 Å². The predicted molar refractivity (Wildman–Crippen MR) is 55.1 cm³/mol. The molecule has 16 heavy (non-hydrogen) atoms. The first-order valence-corrected chi connectivity index (χ1v) is 5.00. The van der Waals surface area contributed by atoms with Crippen LogP contribution in [0.15, 0.2) is 30.3 Å². The molecule has 1 aromatic carbocycles. The molecule has 1 unspecified atom stereocenters. The van der Waals surface area contributed by atoms with Crippen LogP contribution in [0.4, 0.5) is 13.2 Å². The van der Waals surface area contributed by atoms with Crippen LogP contribution >= 0.6 is 0 Å². The van der Waals surface area contributed by atoms with Crippen molar-refractivity contribution >= 4 is 5.78 Å². The summed E-state index contributed by atoms with van der Waals surface area (Å²) in [5, 5.41) is 0. The summed E-state index contributed by atoms with van der Waals surface area (Å²) < 4.78 is 37.2. The molecule has 0 aliphatic carbocycles. The van der Waals surface area contributed by atoms with E-state index >= 15 is 0 Å². The highest BCUT2D eigenvalue weighted by Crippen LogP contribution is 2.32. The molecule has 1 aromatic rings. The number of halogens is 3. The van der Waals surface area contributed by atoms with Crippen molar-refractivity contribution in [2.45, 2.75) is 25.9 Å². The molecule has 0 fully saturated rings. The maximum atomic E-state index is 12.4. The molecule has 0 aromatic heterocycles. The molecular weight excluding hydrogens is 217 g/mol. The zero-order valence-electron chi connectivity index (χ0n) is 9.08. The van der Waals surface area contributed by atoms with Gasteiger partial charge < -0.3 is 0 Å². The smallest absolute Gasteiger partial charge is 0.289 e. The second kappa shape index (κ2) is 4.68. The molecule has 88 valence electrons. The first-order chi connectivity index (χ1) is 7.34.